The maximum Gasteiger partial charge on any atom is 0.277 e. The van der Waals surface area contributed by atoms with E-state index >= 15 is 0 Å². The molecule has 7 heteroatoms. The predicted molar refractivity (Wildman–Crippen MR) is 101 cm³/mol. The lowest BCUT2D eigenvalue weighted by atomic mass is 10.2. The quantitative estimate of drug-likeness (QED) is 0.572. The molecule has 2 aromatic rings. The van der Waals surface area contributed by atoms with Crippen molar-refractivity contribution in [3.05, 3.63) is 54.1 Å². The molecule has 2 aromatic carbocycles. The van der Waals surface area contributed by atoms with Crippen LogP contribution < -0.4 is 24.4 Å². The third-order valence-corrected chi connectivity index (χ3v) is 3.54. The monoisotopic (exact) mass is 368 g/mol. The standard InChI is InChI=1S/C20H20N2O5/c1-2-24-16-7-3-4-8-17(16)25-13-20(23)22-21-11-5-6-15-9-10-18-19(12-15)27-14-26-18/h3-12H,2,13-14H2,1H3,(H,22,23)/b6-5+,21-11+. The first-order chi connectivity index (χ1) is 13.3. The Hall–Kier alpha value is -3.48. The van der Waals surface area contributed by atoms with E-state index in [0.29, 0.717) is 23.9 Å². The van der Waals surface area contributed by atoms with Gasteiger partial charge in [0, 0.05) is 6.21 Å². The Kier molecular flexibility index (Phi) is 6.30. The summed E-state index contributed by atoms with van der Waals surface area (Å²) < 4.78 is 21.5. The summed E-state index contributed by atoms with van der Waals surface area (Å²) >= 11 is 0. The van der Waals surface area contributed by atoms with Crippen LogP contribution in [0.1, 0.15) is 12.5 Å². The number of hydrogen-bond donors (Lipinski definition) is 1. The number of hydrazone groups is 1. The van der Waals surface area contributed by atoms with E-state index in [1.165, 1.54) is 6.21 Å². The van der Waals surface area contributed by atoms with Crippen LogP contribution in [0.25, 0.3) is 6.08 Å². The van der Waals surface area contributed by atoms with E-state index in [1.807, 2.05) is 43.3 Å². The van der Waals surface area contributed by atoms with E-state index in [0.717, 1.165) is 11.3 Å². The lowest BCUT2D eigenvalue weighted by Gasteiger charge is -2.10. The molecule has 1 amide bonds. The highest BCUT2D eigenvalue weighted by atomic mass is 16.7. The van der Waals surface area contributed by atoms with Gasteiger partial charge in [0.05, 0.1) is 6.61 Å². The molecule has 0 spiro atoms. The summed E-state index contributed by atoms with van der Waals surface area (Å²) in [5.74, 6) is 2.20. The minimum absolute atomic E-state index is 0.159. The zero-order valence-corrected chi connectivity index (χ0v) is 14.9. The second-order valence-corrected chi connectivity index (χ2v) is 5.45. The molecule has 0 bridgehead atoms. The first kappa shape index (κ1) is 18.3. The minimum Gasteiger partial charge on any atom is -0.490 e. The second kappa shape index (κ2) is 9.28. The molecule has 1 heterocycles. The van der Waals surface area contributed by atoms with Crippen LogP contribution in [-0.4, -0.2) is 32.1 Å². The first-order valence-electron chi connectivity index (χ1n) is 8.49. The highest BCUT2D eigenvalue weighted by Crippen LogP contribution is 2.32. The second-order valence-electron chi connectivity index (χ2n) is 5.45. The summed E-state index contributed by atoms with van der Waals surface area (Å²) in [7, 11) is 0. The van der Waals surface area contributed by atoms with E-state index in [1.54, 1.807) is 18.2 Å². The Morgan fingerprint density at radius 2 is 1.93 bits per heavy atom. The van der Waals surface area contributed by atoms with Crippen LogP contribution in [0.5, 0.6) is 23.0 Å². The number of para-hydroxylation sites is 2. The molecule has 7 nitrogen and oxygen atoms in total. The summed E-state index contributed by atoms with van der Waals surface area (Å²) in [6.45, 7) is 2.49. The molecule has 3 rings (SSSR count). The fourth-order valence-electron chi connectivity index (χ4n) is 2.34. The number of nitrogens with one attached hydrogen (secondary N) is 1. The molecule has 1 N–H and O–H groups in total. The van der Waals surface area contributed by atoms with E-state index in [9.17, 15) is 4.79 Å². The fraction of sp³-hybridized carbons (Fsp3) is 0.200. The molecule has 0 fully saturated rings. The van der Waals surface area contributed by atoms with Crippen LogP contribution in [0.4, 0.5) is 0 Å². The molecule has 1 aliphatic heterocycles. The van der Waals surface area contributed by atoms with Gasteiger partial charge in [0.25, 0.3) is 5.91 Å². The molecule has 140 valence electrons. The van der Waals surface area contributed by atoms with Gasteiger partial charge in [-0.2, -0.15) is 5.10 Å². The molecule has 0 unspecified atom stereocenters. The van der Waals surface area contributed by atoms with Crippen LogP contribution in [0.2, 0.25) is 0 Å². The zero-order valence-electron chi connectivity index (χ0n) is 14.9. The Morgan fingerprint density at radius 1 is 1.15 bits per heavy atom. The van der Waals surface area contributed by atoms with Crippen molar-refractivity contribution >= 4 is 18.2 Å². The molecular formula is C20H20N2O5. The van der Waals surface area contributed by atoms with Crippen LogP contribution in [-0.2, 0) is 4.79 Å². The zero-order chi connectivity index (χ0) is 18.9. The van der Waals surface area contributed by atoms with Crippen molar-refractivity contribution in [2.45, 2.75) is 6.92 Å². The number of benzene rings is 2. The van der Waals surface area contributed by atoms with Gasteiger partial charge in [0.15, 0.2) is 29.6 Å². The molecule has 0 saturated heterocycles. The first-order valence-corrected chi connectivity index (χ1v) is 8.49. The Labute approximate surface area is 157 Å². The molecule has 0 aromatic heterocycles. The van der Waals surface area contributed by atoms with Crippen LogP contribution in [0.3, 0.4) is 0 Å². The molecular weight excluding hydrogens is 348 g/mol. The van der Waals surface area contributed by atoms with Crippen LogP contribution in [0, 0.1) is 0 Å². The minimum atomic E-state index is -0.367. The summed E-state index contributed by atoms with van der Waals surface area (Å²) in [6, 6.07) is 12.8. The number of carbonyl (C=O) groups is 1. The van der Waals surface area contributed by atoms with Crippen molar-refractivity contribution in [3.8, 4) is 23.0 Å². The number of amides is 1. The number of allylic oxidation sites excluding steroid dienone is 1. The summed E-state index contributed by atoms with van der Waals surface area (Å²) in [5, 5.41) is 3.85. The normalized spacial score (nSPS) is 12.5. The largest absolute Gasteiger partial charge is 0.490 e. The van der Waals surface area contributed by atoms with Gasteiger partial charge in [0.2, 0.25) is 6.79 Å². The van der Waals surface area contributed by atoms with Crippen molar-refractivity contribution in [2.24, 2.45) is 5.10 Å². The Bertz CT molecular complexity index is 848. The van der Waals surface area contributed by atoms with Gasteiger partial charge in [0.1, 0.15) is 0 Å². The molecule has 27 heavy (non-hydrogen) atoms. The molecule has 1 aliphatic rings. The highest BCUT2D eigenvalue weighted by Gasteiger charge is 2.12. The topological polar surface area (TPSA) is 78.4 Å². The third kappa shape index (κ3) is 5.24. The molecule has 0 radical (unpaired) electrons. The number of hydrogen-bond acceptors (Lipinski definition) is 6. The van der Waals surface area contributed by atoms with Gasteiger partial charge in [-0.25, -0.2) is 5.43 Å². The van der Waals surface area contributed by atoms with E-state index in [2.05, 4.69) is 10.5 Å². The highest BCUT2D eigenvalue weighted by molar-refractivity contribution is 5.82. The van der Waals surface area contributed by atoms with Crippen molar-refractivity contribution in [3.63, 3.8) is 0 Å². The number of rotatable bonds is 8. The summed E-state index contributed by atoms with van der Waals surface area (Å²) in [5.41, 5.74) is 3.34. The van der Waals surface area contributed by atoms with Crippen molar-refractivity contribution in [2.75, 3.05) is 20.0 Å². The van der Waals surface area contributed by atoms with Crippen LogP contribution >= 0.6 is 0 Å². The third-order valence-electron chi connectivity index (χ3n) is 3.54. The smallest absolute Gasteiger partial charge is 0.277 e. The summed E-state index contributed by atoms with van der Waals surface area (Å²) in [4.78, 5) is 11.8. The van der Waals surface area contributed by atoms with Gasteiger partial charge in [-0.3, -0.25) is 4.79 Å². The van der Waals surface area contributed by atoms with E-state index < -0.39 is 0 Å². The van der Waals surface area contributed by atoms with Crippen molar-refractivity contribution in [1.29, 1.82) is 0 Å². The maximum atomic E-state index is 11.8. The van der Waals surface area contributed by atoms with Crippen molar-refractivity contribution < 1.29 is 23.7 Å². The lowest BCUT2D eigenvalue weighted by Crippen LogP contribution is -2.24. The number of carbonyl (C=O) groups excluding carboxylic acids is 1. The fourth-order valence-corrected chi connectivity index (χ4v) is 2.34. The average molecular weight is 368 g/mol. The maximum absolute atomic E-state index is 11.8. The Balaban J connectivity index is 1.44. The van der Waals surface area contributed by atoms with Gasteiger partial charge in [-0.05, 0) is 42.8 Å². The van der Waals surface area contributed by atoms with E-state index in [-0.39, 0.29) is 19.3 Å². The lowest BCUT2D eigenvalue weighted by molar-refractivity contribution is -0.123. The van der Waals surface area contributed by atoms with Crippen LogP contribution in [0.15, 0.2) is 53.6 Å². The van der Waals surface area contributed by atoms with Gasteiger partial charge in [-0.1, -0.05) is 24.3 Å². The molecule has 0 atom stereocenters. The van der Waals surface area contributed by atoms with Gasteiger partial charge >= 0.3 is 0 Å². The SMILES string of the molecule is CCOc1ccccc1OCC(=O)N/N=C/C=C/c1ccc2c(c1)OCO2. The van der Waals surface area contributed by atoms with Gasteiger partial charge in [-0.15, -0.1) is 0 Å². The molecule has 0 aliphatic carbocycles. The predicted octanol–water partition coefficient (Wildman–Crippen LogP) is 3.01. The summed E-state index contributed by atoms with van der Waals surface area (Å²) in [6.07, 6.45) is 5.03. The van der Waals surface area contributed by atoms with Crippen molar-refractivity contribution in [1.82, 2.24) is 5.43 Å². The number of nitrogens with zero attached hydrogens (tertiary/aromatic N) is 1. The molecule has 0 saturated carbocycles. The average Bonchev–Trinajstić information content (AvgIpc) is 3.15. The number of fused-ring (bicyclic) bond motifs is 1. The number of ether oxygens (including phenoxy) is 4. The van der Waals surface area contributed by atoms with Gasteiger partial charge < -0.3 is 18.9 Å². The Morgan fingerprint density at radius 3 is 2.74 bits per heavy atom. The van der Waals surface area contributed by atoms with E-state index in [4.69, 9.17) is 18.9 Å².